The van der Waals surface area contributed by atoms with E-state index in [1.165, 1.54) is 4.90 Å². The number of halogens is 2. The van der Waals surface area contributed by atoms with Gasteiger partial charge in [0.25, 0.3) is 5.92 Å². The minimum absolute atomic E-state index is 0.228. The molecule has 0 rings (SSSR count). The first kappa shape index (κ1) is 13.8. The zero-order valence-corrected chi connectivity index (χ0v) is 9.13. The van der Waals surface area contributed by atoms with Crippen molar-refractivity contribution >= 4 is 5.84 Å². The van der Waals surface area contributed by atoms with E-state index < -0.39 is 5.92 Å². The summed E-state index contributed by atoms with van der Waals surface area (Å²) in [7, 11) is 0. The average molecular weight is 220 g/mol. The first-order valence-corrected chi connectivity index (χ1v) is 4.70. The summed E-state index contributed by atoms with van der Waals surface area (Å²) in [5, 5.41) is 3.45. The van der Waals surface area contributed by atoms with Crippen LogP contribution in [0.2, 0.25) is 0 Å². The van der Waals surface area contributed by atoms with Crippen molar-refractivity contribution in [3.8, 4) is 0 Å². The zero-order valence-electron chi connectivity index (χ0n) is 9.13. The maximum atomic E-state index is 13.0. The van der Waals surface area contributed by atoms with Gasteiger partial charge < -0.3 is 16.5 Å². The predicted molar refractivity (Wildman–Crippen MR) is 57.4 cm³/mol. The van der Waals surface area contributed by atoms with Gasteiger partial charge in [0.05, 0.1) is 5.70 Å². The molecule has 0 saturated carbocycles. The monoisotopic (exact) mass is 220 g/mol. The highest BCUT2D eigenvalue weighted by molar-refractivity contribution is 5.83. The van der Waals surface area contributed by atoms with Crippen LogP contribution in [0.5, 0.6) is 0 Å². The molecule has 0 atom stereocenters. The molecule has 0 aromatic carbocycles. The Morgan fingerprint density at radius 1 is 1.53 bits per heavy atom. The van der Waals surface area contributed by atoms with Crippen LogP contribution in [-0.2, 0) is 0 Å². The number of hydrogen-bond donors (Lipinski definition) is 2. The van der Waals surface area contributed by atoms with E-state index in [-0.39, 0.29) is 18.8 Å². The maximum Gasteiger partial charge on any atom is 0.284 e. The van der Waals surface area contributed by atoms with Crippen LogP contribution in [0, 0.1) is 0 Å². The molecular weight excluding hydrogens is 202 g/mol. The Kier molecular flexibility index (Phi) is 5.21. The van der Waals surface area contributed by atoms with Gasteiger partial charge in [-0.25, -0.2) is 8.78 Å². The van der Waals surface area contributed by atoms with Crippen molar-refractivity contribution in [1.29, 1.82) is 0 Å². The van der Waals surface area contributed by atoms with E-state index in [9.17, 15) is 8.78 Å². The van der Waals surface area contributed by atoms with Crippen LogP contribution in [-0.4, -0.2) is 29.7 Å². The SMILES string of the molecule is C=C(N(CCN)/C(CC)=N\N)C(C)(F)F. The fraction of sp³-hybridized carbons (Fsp3) is 0.667. The Labute approximate surface area is 88.6 Å². The molecule has 0 aromatic heterocycles. The second-order valence-corrected chi connectivity index (χ2v) is 3.17. The number of nitrogens with two attached hydrogens (primary N) is 2. The molecule has 0 unspecified atom stereocenters. The fourth-order valence-electron chi connectivity index (χ4n) is 1.14. The molecule has 0 amide bonds. The second-order valence-electron chi connectivity index (χ2n) is 3.17. The van der Waals surface area contributed by atoms with Gasteiger partial charge in [0.1, 0.15) is 5.84 Å². The number of hydrogen-bond acceptors (Lipinski definition) is 3. The van der Waals surface area contributed by atoms with Crippen molar-refractivity contribution in [3.05, 3.63) is 12.3 Å². The Morgan fingerprint density at radius 3 is 2.33 bits per heavy atom. The zero-order chi connectivity index (χ0) is 12.1. The Bertz CT molecular complexity index is 245. The van der Waals surface area contributed by atoms with Crippen LogP contribution in [0.25, 0.3) is 0 Å². The van der Waals surface area contributed by atoms with Crippen molar-refractivity contribution in [2.75, 3.05) is 13.1 Å². The molecule has 0 radical (unpaired) electrons. The summed E-state index contributed by atoms with van der Waals surface area (Å²) in [6, 6.07) is 0. The maximum absolute atomic E-state index is 13.0. The van der Waals surface area contributed by atoms with Crippen molar-refractivity contribution < 1.29 is 8.78 Å². The molecule has 6 heteroatoms. The third kappa shape index (κ3) is 3.83. The Morgan fingerprint density at radius 2 is 2.07 bits per heavy atom. The Hall–Kier alpha value is -1.17. The predicted octanol–water partition coefficient (Wildman–Crippen LogP) is 1.10. The molecule has 0 aromatic rings. The van der Waals surface area contributed by atoms with Crippen LogP contribution in [0.4, 0.5) is 8.78 Å². The lowest BCUT2D eigenvalue weighted by Crippen LogP contribution is -2.40. The van der Waals surface area contributed by atoms with E-state index >= 15 is 0 Å². The molecule has 0 heterocycles. The van der Waals surface area contributed by atoms with E-state index in [4.69, 9.17) is 11.6 Å². The Balaban J connectivity index is 4.89. The van der Waals surface area contributed by atoms with E-state index in [0.29, 0.717) is 12.3 Å². The summed E-state index contributed by atoms with van der Waals surface area (Å²) in [5.74, 6) is 2.47. The third-order valence-electron chi connectivity index (χ3n) is 1.96. The normalized spacial score (nSPS) is 12.7. The van der Waals surface area contributed by atoms with Crippen molar-refractivity contribution in [1.82, 2.24) is 4.90 Å². The highest BCUT2D eigenvalue weighted by atomic mass is 19.3. The number of rotatable bonds is 5. The van der Waals surface area contributed by atoms with Gasteiger partial charge in [0, 0.05) is 26.4 Å². The van der Waals surface area contributed by atoms with Crippen molar-refractivity contribution in [3.63, 3.8) is 0 Å². The van der Waals surface area contributed by atoms with Gasteiger partial charge in [-0.15, -0.1) is 0 Å². The molecule has 0 aliphatic heterocycles. The van der Waals surface area contributed by atoms with Gasteiger partial charge in [-0.05, 0) is 0 Å². The highest BCUT2D eigenvalue weighted by Gasteiger charge is 2.31. The lowest BCUT2D eigenvalue weighted by atomic mass is 10.2. The van der Waals surface area contributed by atoms with Crippen molar-refractivity contribution in [2.24, 2.45) is 16.7 Å². The van der Waals surface area contributed by atoms with Crippen LogP contribution < -0.4 is 11.6 Å². The van der Waals surface area contributed by atoms with Crippen LogP contribution >= 0.6 is 0 Å². The molecule has 15 heavy (non-hydrogen) atoms. The molecule has 4 N–H and O–H groups in total. The molecule has 0 aliphatic rings. The number of alkyl halides is 2. The second kappa shape index (κ2) is 5.65. The number of nitrogens with zero attached hydrogens (tertiary/aromatic N) is 2. The number of allylic oxidation sites excluding steroid dienone is 1. The van der Waals surface area contributed by atoms with Gasteiger partial charge in [0.2, 0.25) is 0 Å². The van der Waals surface area contributed by atoms with Gasteiger partial charge in [-0.3, -0.25) is 0 Å². The summed E-state index contributed by atoms with van der Waals surface area (Å²) in [4.78, 5) is 1.26. The lowest BCUT2D eigenvalue weighted by Gasteiger charge is -2.29. The van der Waals surface area contributed by atoms with Gasteiger partial charge in [-0.1, -0.05) is 13.5 Å². The first-order valence-electron chi connectivity index (χ1n) is 4.70. The number of hydrazone groups is 1. The van der Waals surface area contributed by atoms with E-state index in [0.717, 1.165) is 6.92 Å². The molecule has 88 valence electrons. The summed E-state index contributed by atoms with van der Waals surface area (Å²) in [6.45, 7) is 6.36. The summed E-state index contributed by atoms with van der Waals surface area (Å²) in [5.41, 5.74) is 5.00. The van der Waals surface area contributed by atoms with E-state index in [1.54, 1.807) is 6.92 Å². The van der Waals surface area contributed by atoms with Crippen LogP contribution in [0.3, 0.4) is 0 Å². The van der Waals surface area contributed by atoms with E-state index in [2.05, 4.69) is 11.7 Å². The smallest absolute Gasteiger partial charge is 0.284 e. The van der Waals surface area contributed by atoms with Crippen molar-refractivity contribution in [2.45, 2.75) is 26.2 Å². The first-order chi connectivity index (χ1) is 6.88. The quantitative estimate of drug-likeness (QED) is 0.315. The molecule has 0 saturated heterocycles. The lowest BCUT2D eigenvalue weighted by molar-refractivity contribution is 0.0421. The molecular formula is C9H18F2N4. The van der Waals surface area contributed by atoms with Gasteiger partial charge in [0.15, 0.2) is 0 Å². The largest absolute Gasteiger partial charge is 0.329 e. The topological polar surface area (TPSA) is 67.6 Å². The minimum atomic E-state index is -3.00. The highest BCUT2D eigenvalue weighted by Crippen LogP contribution is 2.25. The molecule has 0 bridgehead atoms. The molecule has 0 fully saturated rings. The van der Waals surface area contributed by atoms with Crippen LogP contribution in [0.1, 0.15) is 20.3 Å². The van der Waals surface area contributed by atoms with Gasteiger partial charge >= 0.3 is 0 Å². The number of amidine groups is 1. The standard InChI is InChI=1S/C9H18F2N4/c1-4-8(14-13)15(6-5-12)7(2)9(3,10)11/h2,4-6,12-13H2,1,3H3/b14-8-. The summed E-state index contributed by atoms with van der Waals surface area (Å²) in [6.07, 6.45) is 0.450. The third-order valence-corrected chi connectivity index (χ3v) is 1.96. The minimum Gasteiger partial charge on any atom is -0.329 e. The van der Waals surface area contributed by atoms with Crippen LogP contribution in [0.15, 0.2) is 17.4 Å². The van der Waals surface area contributed by atoms with Gasteiger partial charge in [-0.2, -0.15) is 5.10 Å². The van der Waals surface area contributed by atoms with E-state index in [1.807, 2.05) is 0 Å². The molecule has 0 spiro atoms. The summed E-state index contributed by atoms with van der Waals surface area (Å²) >= 11 is 0. The summed E-state index contributed by atoms with van der Waals surface area (Å²) < 4.78 is 26.1. The molecule has 0 aliphatic carbocycles. The fourth-order valence-corrected chi connectivity index (χ4v) is 1.14. The molecule has 4 nitrogen and oxygen atoms in total. The average Bonchev–Trinajstić information content (AvgIpc) is 2.16.